The standard InChI is InChI=1S/C14H16N2O3S/c1-15-9-12-2-3-14(13(8-12)16(17)18)19-6-4-11-5-7-20-10-11/h2-3,5,7-8,10,15H,4,6,9H2,1H3. The summed E-state index contributed by atoms with van der Waals surface area (Å²) in [6.45, 7) is 1.03. The van der Waals surface area contributed by atoms with Crippen LogP contribution in [0.1, 0.15) is 11.1 Å². The Morgan fingerprint density at radius 2 is 2.20 bits per heavy atom. The zero-order valence-electron chi connectivity index (χ0n) is 11.2. The van der Waals surface area contributed by atoms with E-state index in [0.29, 0.717) is 18.9 Å². The molecular weight excluding hydrogens is 276 g/mol. The molecule has 0 fully saturated rings. The first-order chi connectivity index (χ1) is 9.70. The van der Waals surface area contributed by atoms with Gasteiger partial charge in [-0.3, -0.25) is 10.1 Å². The van der Waals surface area contributed by atoms with Crippen molar-refractivity contribution >= 4 is 17.0 Å². The van der Waals surface area contributed by atoms with Crippen LogP contribution in [-0.2, 0) is 13.0 Å². The quantitative estimate of drug-likeness (QED) is 0.629. The molecule has 0 aliphatic carbocycles. The Labute approximate surface area is 121 Å². The fourth-order valence-electron chi connectivity index (χ4n) is 1.86. The van der Waals surface area contributed by atoms with Crippen LogP contribution >= 0.6 is 11.3 Å². The average molecular weight is 292 g/mol. The van der Waals surface area contributed by atoms with Gasteiger partial charge in [0.15, 0.2) is 5.75 Å². The van der Waals surface area contributed by atoms with Crippen molar-refractivity contribution in [1.82, 2.24) is 5.32 Å². The van der Waals surface area contributed by atoms with Crippen LogP contribution in [0.2, 0.25) is 0 Å². The SMILES string of the molecule is CNCc1ccc(OCCc2ccsc2)c([N+](=O)[O-])c1. The monoisotopic (exact) mass is 292 g/mol. The number of ether oxygens (including phenoxy) is 1. The number of nitro benzene ring substituents is 1. The predicted molar refractivity (Wildman–Crippen MR) is 79.4 cm³/mol. The van der Waals surface area contributed by atoms with E-state index in [4.69, 9.17) is 4.74 Å². The first kappa shape index (κ1) is 14.5. The summed E-state index contributed by atoms with van der Waals surface area (Å²) < 4.78 is 5.55. The van der Waals surface area contributed by atoms with Gasteiger partial charge in [0.25, 0.3) is 0 Å². The van der Waals surface area contributed by atoms with Crippen molar-refractivity contribution in [2.24, 2.45) is 0 Å². The lowest BCUT2D eigenvalue weighted by Crippen LogP contribution is -2.07. The minimum Gasteiger partial charge on any atom is -0.486 e. The minimum atomic E-state index is -0.404. The number of nitrogens with zero attached hydrogens (tertiary/aromatic N) is 1. The molecule has 2 rings (SSSR count). The van der Waals surface area contributed by atoms with Crippen LogP contribution < -0.4 is 10.1 Å². The topological polar surface area (TPSA) is 64.4 Å². The summed E-state index contributed by atoms with van der Waals surface area (Å²) in [5.74, 6) is 0.324. The molecule has 1 aromatic heterocycles. The Balaban J connectivity index is 2.04. The van der Waals surface area contributed by atoms with Crippen molar-refractivity contribution in [2.45, 2.75) is 13.0 Å². The molecule has 0 aliphatic heterocycles. The van der Waals surface area contributed by atoms with Crippen molar-refractivity contribution < 1.29 is 9.66 Å². The lowest BCUT2D eigenvalue weighted by Gasteiger charge is -2.08. The molecular formula is C14H16N2O3S. The minimum absolute atomic E-state index is 0.0167. The second kappa shape index (κ2) is 7.02. The Bertz CT molecular complexity index is 570. The average Bonchev–Trinajstić information content (AvgIpc) is 2.93. The third-order valence-corrected chi connectivity index (χ3v) is 3.56. The third kappa shape index (κ3) is 3.79. The molecule has 0 atom stereocenters. The van der Waals surface area contributed by atoms with Gasteiger partial charge in [-0.25, -0.2) is 0 Å². The zero-order chi connectivity index (χ0) is 14.4. The Morgan fingerprint density at radius 1 is 1.35 bits per heavy atom. The van der Waals surface area contributed by atoms with E-state index in [9.17, 15) is 10.1 Å². The maximum atomic E-state index is 11.1. The van der Waals surface area contributed by atoms with E-state index in [1.165, 1.54) is 5.56 Å². The van der Waals surface area contributed by atoms with Gasteiger partial charge in [-0.2, -0.15) is 11.3 Å². The van der Waals surface area contributed by atoms with Crippen LogP contribution in [0.15, 0.2) is 35.0 Å². The summed E-state index contributed by atoms with van der Waals surface area (Å²) in [4.78, 5) is 10.7. The van der Waals surface area contributed by atoms with Crippen LogP contribution in [0.4, 0.5) is 5.69 Å². The Morgan fingerprint density at radius 3 is 2.85 bits per heavy atom. The smallest absolute Gasteiger partial charge is 0.311 e. The maximum absolute atomic E-state index is 11.1. The number of thiophene rings is 1. The molecule has 2 aromatic rings. The summed E-state index contributed by atoms with van der Waals surface area (Å²) in [5, 5.41) is 18.1. The second-order valence-corrected chi connectivity index (χ2v) is 5.10. The van der Waals surface area contributed by atoms with Gasteiger partial charge in [0, 0.05) is 19.0 Å². The summed E-state index contributed by atoms with van der Waals surface area (Å²) >= 11 is 1.63. The van der Waals surface area contributed by atoms with E-state index < -0.39 is 4.92 Å². The van der Waals surface area contributed by atoms with Gasteiger partial charge in [0.1, 0.15) is 0 Å². The molecule has 0 unspecified atom stereocenters. The molecule has 1 heterocycles. The van der Waals surface area contributed by atoms with Gasteiger partial charge in [0.05, 0.1) is 11.5 Å². The zero-order valence-corrected chi connectivity index (χ0v) is 12.0. The number of nitrogens with one attached hydrogen (secondary N) is 1. The van der Waals surface area contributed by atoms with Gasteiger partial charge < -0.3 is 10.1 Å². The summed E-state index contributed by atoms with van der Waals surface area (Å²) in [6.07, 6.45) is 0.749. The van der Waals surface area contributed by atoms with Crippen molar-refractivity contribution in [1.29, 1.82) is 0 Å². The maximum Gasteiger partial charge on any atom is 0.311 e. The molecule has 5 nitrogen and oxygen atoms in total. The van der Waals surface area contributed by atoms with E-state index >= 15 is 0 Å². The fraction of sp³-hybridized carbons (Fsp3) is 0.286. The highest BCUT2D eigenvalue weighted by molar-refractivity contribution is 7.07. The number of rotatable bonds is 7. The molecule has 6 heteroatoms. The Kier molecular flexibility index (Phi) is 5.09. The molecule has 0 aliphatic rings. The van der Waals surface area contributed by atoms with E-state index in [-0.39, 0.29) is 5.69 Å². The van der Waals surface area contributed by atoms with E-state index in [1.807, 2.05) is 22.9 Å². The largest absolute Gasteiger partial charge is 0.486 e. The van der Waals surface area contributed by atoms with Gasteiger partial charge in [-0.1, -0.05) is 6.07 Å². The first-order valence-electron chi connectivity index (χ1n) is 6.26. The van der Waals surface area contributed by atoms with Crippen molar-refractivity contribution in [3.63, 3.8) is 0 Å². The number of hydrogen-bond donors (Lipinski definition) is 1. The second-order valence-electron chi connectivity index (χ2n) is 4.32. The highest BCUT2D eigenvalue weighted by Crippen LogP contribution is 2.28. The number of hydrogen-bond acceptors (Lipinski definition) is 5. The molecule has 1 aromatic carbocycles. The first-order valence-corrected chi connectivity index (χ1v) is 7.21. The molecule has 0 saturated heterocycles. The van der Waals surface area contributed by atoms with E-state index in [2.05, 4.69) is 5.32 Å². The molecule has 0 saturated carbocycles. The fourth-order valence-corrected chi connectivity index (χ4v) is 2.56. The molecule has 0 radical (unpaired) electrons. The lowest BCUT2D eigenvalue weighted by molar-refractivity contribution is -0.385. The van der Waals surface area contributed by atoms with Crippen LogP contribution in [0.3, 0.4) is 0 Å². The summed E-state index contributed by atoms with van der Waals surface area (Å²) in [6, 6.07) is 7.08. The van der Waals surface area contributed by atoms with Crippen LogP contribution in [0, 0.1) is 10.1 Å². The molecule has 1 N–H and O–H groups in total. The molecule has 0 spiro atoms. The van der Waals surface area contributed by atoms with Crippen LogP contribution in [0.25, 0.3) is 0 Å². The van der Waals surface area contributed by atoms with Crippen LogP contribution in [-0.4, -0.2) is 18.6 Å². The Hall–Kier alpha value is -1.92. The predicted octanol–water partition coefficient (Wildman–Crippen LogP) is 3.00. The number of benzene rings is 1. The van der Waals surface area contributed by atoms with E-state index in [0.717, 1.165) is 12.0 Å². The van der Waals surface area contributed by atoms with E-state index in [1.54, 1.807) is 30.5 Å². The van der Waals surface area contributed by atoms with Crippen molar-refractivity contribution in [3.8, 4) is 5.75 Å². The highest BCUT2D eigenvalue weighted by Gasteiger charge is 2.15. The van der Waals surface area contributed by atoms with Gasteiger partial charge in [-0.05, 0) is 41.1 Å². The van der Waals surface area contributed by atoms with Crippen molar-refractivity contribution in [3.05, 3.63) is 56.3 Å². The molecule has 0 bridgehead atoms. The summed E-state index contributed by atoms with van der Waals surface area (Å²) in [5.41, 5.74) is 2.07. The summed E-state index contributed by atoms with van der Waals surface area (Å²) in [7, 11) is 1.80. The third-order valence-electron chi connectivity index (χ3n) is 2.83. The van der Waals surface area contributed by atoms with Gasteiger partial charge >= 0.3 is 5.69 Å². The normalized spacial score (nSPS) is 10.4. The molecule has 20 heavy (non-hydrogen) atoms. The molecule has 0 amide bonds. The van der Waals surface area contributed by atoms with Crippen LogP contribution in [0.5, 0.6) is 5.75 Å². The highest BCUT2D eigenvalue weighted by atomic mass is 32.1. The van der Waals surface area contributed by atoms with Crippen molar-refractivity contribution in [2.75, 3.05) is 13.7 Å². The van der Waals surface area contributed by atoms with Gasteiger partial charge in [0.2, 0.25) is 0 Å². The lowest BCUT2D eigenvalue weighted by atomic mass is 10.2. The van der Waals surface area contributed by atoms with Gasteiger partial charge in [-0.15, -0.1) is 0 Å². The number of nitro groups is 1. The molecule has 106 valence electrons.